The number of fused-ring (bicyclic) bond motifs is 1. The molecule has 210 valence electrons. The molecule has 8 heteroatoms. The number of ether oxygens (including phenoxy) is 1. The van der Waals surface area contributed by atoms with Crippen LogP contribution >= 0.6 is 11.3 Å². The summed E-state index contributed by atoms with van der Waals surface area (Å²) in [6.45, 7) is 16.1. The average molecular weight is 557 g/mol. The number of azo groups is 2. The van der Waals surface area contributed by atoms with E-state index in [1.165, 1.54) is 23.4 Å². The van der Waals surface area contributed by atoms with E-state index in [9.17, 15) is 0 Å². The fourth-order valence-electron chi connectivity index (χ4n) is 4.67. The highest BCUT2D eigenvalue weighted by molar-refractivity contribution is 7.21. The Morgan fingerprint density at radius 1 is 0.825 bits per heavy atom. The molecule has 1 atom stereocenters. The van der Waals surface area contributed by atoms with Crippen LogP contribution in [0.1, 0.15) is 54.4 Å². The fourth-order valence-corrected chi connectivity index (χ4v) is 5.49. The van der Waals surface area contributed by atoms with Crippen LogP contribution in [-0.2, 0) is 0 Å². The van der Waals surface area contributed by atoms with E-state index in [1.54, 1.807) is 0 Å². The fraction of sp³-hybridized carbons (Fsp3) is 0.406. The van der Waals surface area contributed by atoms with Crippen LogP contribution < -0.4 is 9.64 Å². The van der Waals surface area contributed by atoms with E-state index < -0.39 is 0 Å². The summed E-state index contributed by atoms with van der Waals surface area (Å²) < 4.78 is 7.06. The van der Waals surface area contributed by atoms with Gasteiger partial charge in [-0.1, -0.05) is 39.0 Å². The molecule has 0 amide bonds. The molecule has 0 saturated heterocycles. The largest absolute Gasteiger partial charge is 0.494 e. The van der Waals surface area contributed by atoms with Gasteiger partial charge in [0.1, 0.15) is 5.75 Å². The van der Waals surface area contributed by atoms with E-state index in [0.29, 0.717) is 23.1 Å². The van der Waals surface area contributed by atoms with Gasteiger partial charge in [-0.2, -0.15) is 10.2 Å². The van der Waals surface area contributed by atoms with Gasteiger partial charge in [0.05, 0.1) is 33.9 Å². The van der Waals surface area contributed by atoms with Gasteiger partial charge in [0.15, 0.2) is 0 Å². The van der Waals surface area contributed by atoms with E-state index in [2.05, 4.69) is 84.0 Å². The molecule has 7 nitrogen and oxygen atoms in total. The molecule has 0 N–H and O–H groups in total. The van der Waals surface area contributed by atoms with Crippen molar-refractivity contribution in [1.82, 2.24) is 4.98 Å². The van der Waals surface area contributed by atoms with Crippen molar-refractivity contribution >= 4 is 49.4 Å². The van der Waals surface area contributed by atoms with Crippen molar-refractivity contribution in [2.75, 3.05) is 24.6 Å². The molecule has 0 radical (unpaired) electrons. The minimum atomic E-state index is 0.345. The molecule has 0 bridgehead atoms. The van der Waals surface area contributed by atoms with Crippen LogP contribution in [0.25, 0.3) is 10.2 Å². The molecule has 1 aromatic heterocycles. The summed E-state index contributed by atoms with van der Waals surface area (Å²) in [4.78, 5) is 6.89. The molecule has 0 aliphatic rings. The summed E-state index contributed by atoms with van der Waals surface area (Å²) in [5, 5.41) is 18.0. The second kappa shape index (κ2) is 13.6. The van der Waals surface area contributed by atoms with Crippen molar-refractivity contribution < 1.29 is 4.74 Å². The standard InChI is InChI=1S/C32H40N6OS/c1-7-38(8-2)27-15-13-26(14-16-27)35-34-24-9-11-25(12-10-24)36-37-31-33-29-18-17-28(21-30(29)40-31)39-20-19-23(3)22-32(4,5)6/h9-18,21,23H,7-8,19-20,22H2,1-6H3/b35-34+,37-36+. The van der Waals surface area contributed by atoms with E-state index in [-0.39, 0.29) is 0 Å². The molecule has 40 heavy (non-hydrogen) atoms. The van der Waals surface area contributed by atoms with Crippen LogP contribution in [0, 0.1) is 11.3 Å². The highest BCUT2D eigenvalue weighted by atomic mass is 32.1. The predicted octanol–water partition coefficient (Wildman–Crippen LogP) is 10.8. The van der Waals surface area contributed by atoms with Gasteiger partial charge in [-0.15, -0.1) is 10.2 Å². The normalized spacial score (nSPS) is 12.9. The van der Waals surface area contributed by atoms with Crippen LogP contribution in [0.2, 0.25) is 0 Å². The first-order valence-corrected chi connectivity index (χ1v) is 14.9. The Morgan fingerprint density at radius 3 is 1.98 bits per heavy atom. The van der Waals surface area contributed by atoms with Gasteiger partial charge in [0, 0.05) is 18.8 Å². The van der Waals surface area contributed by atoms with Crippen LogP contribution in [0.15, 0.2) is 87.2 Å². The zero-order valence-electron chi connectivity index (χ0n) is 24.5. The highest BCUT2D eigenvalue weighted by Gasteiger charge is 2.15. The predicted molar refractivity (Wildman–Crippen MR) is 168 cm³/mol. The maximum atomic E-state index is 6.03. The third-order valence-corrected chi connectivity index (χ3v) is 7.45. The Hall–Kier alpha value is -3.65. The van der Waals surface area contributed by atoms with Crippen molar-refractivity contribution in [2.45, 2.75) is 54.4 Å². The number of benzene rings is 3. The van der Waals surface area contributed by atoms with Gasteiger partial charge in [-0.3, -0.25) is 0 Å². The smallest absolute Gasteiger partial charge is 0.231 e. The molecular weight excluding hydrogens is 516 g/mol. The monoisotopic (exact) mass is 556 g/mol. The number of thiazole rings is 1. The Balaban J connectivity index is 1.32. The first-order chi connectivity index (χ1) is 19.2. The van der Waals surface area contributed by atoms with Crippen molar-refractivity contribution in [2.24, 2.45) is 31.8 Å². The van der Waals surface area contributed by atoms with Crippen molar-refractivity contribution in [3.05, 3.63) is 66.7 Å². The molecule has 4 aromatic rings. The molecule has 4 rings (SSSR count). The maximum Gasteiger partial charge on any atom is 0.231 e. The van der Waals surface area contributed by atoms with E-state index in [0.717, 1.165) is 52.5 Å². The van der Waals surface area contributed by atoms with Crippen molar-refractivity contribution in [3.8, 4) is 5.75 Å². The molecule has 1 heterocycles. The number of aromatic nitrogens is 1. The summed E-state index contributed by atoms with van der Waals surface area (Å²) in [6, 6.07) is 21.6. The summed E-state index contributed by atoms with van der Waals surface area (Å²) in [5.74, 6) is 1.50. The Labute approximate surface area is 242 Å². The van der Waals surface area contributed by atoms with Crippen molar-refractivity contribution in [1.29, 1.82) is 0 Å². The maximum absolute atomic E-state index is 6.03. The molecule has 0 fully saturated rings. The van der Waals surface area contributed by atoms with E-state index in [4.69, 9.17) is 4.74 Å². The van der Waals surface area contributed by atoms with Gasteiger partial charge in [0.2, 0.25) is 5.13 Å². The first kappa shape index (κ1) is 29.3. The Kier molecular flexibility index (Phi) is 9.98. The number of anilines is 1. The summed E-state index contributed by atoms with van der Waals surface area (Å²) >= 11 is 1.50. The highest BCUT2D eigenvalue weighted by Crippen LogP contribution is 2.33. The third-order valence-electron chi connectivity index (χ3n) is 6.55. The van der Waals surface area contributed by atoms with Gasteiger partial charge in [-0.05, 0) is 105 Å². The van der Waals surface area contributed by atoms with E-state index in [1.807, 2.05) is 54.6 Å². The van der Waals surface area contributed by atoms with Gasteiger partial charge >= 0.3 is 0 Å². The lowest BCUT2D eigenvalue weighted by molar-refractivity contribution is 0.241. The lowest BCUT2D eigenvalue weighted by Gasteiger charge is -2.23. The molecule has 1 unspecified atom stereocenters. The van der Waals surface area contributed by atoms with Gasteiger partial charge in [0.25, 0.3) is 0 Å². The zero-order valence-corrected chi connectivity index (χ0v) is 25.3. The van der Waals surface area contributed by atoms with Crippen LogP contribution in [-0.4, -0.2) is 24.7 Å². The number of nitrogens with zero attached hydrogens (tertiary/aromatic N) is 6. The van der Waals surface area contributed by atoms with Gasteiger partial charge in [-0.25, -0.2) is 4.98 Å². The second-order valence-corrected chi connectivity index (χ2v) is 12.2. The molecule has 3 aromatic carbocycles. The third kappa shape index (κ3) is 8.68. The average Bonchev–Trinajstić information content (AvgIpc) is 3.34. The zero-order chi connectivity index (χ0) is 28.5. The van der Waals surface area contributed by atoms with Gasteiger partial charge < -0.3 is 9.64 Å². The second-order valence-electron chi connectivity index (χ2n) is 11.2. The number of rotatable bonds is 12. The minimum absolute atomic E-state index is 0.345. The molecule has 0 aliphatic carbocycles. The van der Waals surface area contributed by atoms with Crippen LogP contribution in [0.5, 0.6) is 5.75 Å². The van der Waals surface area contributed by atoms with E-state index >= 15 is 0 Å². The summed E-state index contributed by atoms with van der Waals surface area (Å²) in [7, 11) is 0. The van der Waals surface area contributed by atoms with Crippen LogP contribution in [0.4, 0.5) is 27.9 Å². The van der Waals surface area contributed by atoms with Crippen molar-refractivity contribution in [3.63, 3.8) is 0 Å². The molecular formula is C32H40N6OS. The number of hydrogen-bond acceptors (Lipinski definition) is 8. The number of hydrogen-bond donors (Lipinski definition) is 0. The lowest BCUT2D eigenvalue weighted by atomic mass is 9.84. The quantitative estimate of drug-likeness (QED) is 0.163. The SMILES string of the molecule is CCN(CC)c1ccc(/N=N/c2ccc(/N=N/c3nc4ccc(OCCC(C)CC(C)(C)C)cc4s3)cc2)cc1. The Bertz CT molecular complexity index is 1420. The molecule has 0 aliphatic heterocycles. The molecule has 0 spiro atoms. The Morgan fingerprint density at radius 2 is 1.40 bits per heavy atom. The molecule has 0 saturated carbocycles. The lowest BCUT2D eigenvalue weighted by Crippen LogP contribution is -2.21. The minimum Gasteiger partial charge on any atom is -0.494 e. The first-order valence-electron chi connectivity index (χ1n) is 14.0. The summed E-state index contributed by atoms with van der Waals surface area (Å²) in [5.41, 5.74) is 4.74. The van der Waals surface area contributed by atoms with Crippen LogP contribution in [0.3, 0.4) is 0 Å². The topological polar surface area (TPSA) is 74.8 Å². The summed E-state index contributed by atoms with van der Waals surface area (Å²) in [6.07, 6.45) is 2.24.